The van der Waals surface area contributed by atoms with E-state index in [1.807, 2.05) is 0 Å². The molecule has 0 aromatic heterocycles. The Hall–Kier alpha value is -0.120. The van der Waals surface area contributed by atoms with Crippen molar-refractivity contribution in [1.29, 1.82) is 0 Å². The van der Waals surface area contributed by atoms with E-state index in [0.717, 1.165) is 12.3 Å². The zero-order chi connectivity index (χ0) is 11.3. The van der Waals surface area contributed by atoms with Crippen LogP contribution in [0.5, 0.6) is 0 Å². The Balaban J connectivity index is 2.49. The number of hydrogen-bond donors (Lipinski definition) is 2. The Morgan fingerprint density at radius 2 is 2.20 bits per heavy atom. The second-order valence-electron chi connectivity index (χ2n) is 5.13. The first-order valence-corrected chi connectivity index (χ1v) is 5.99. The fraction of sp³-hybridized carbons (Fsp3) is 1.00. The average Bonchev–Trinajstić information content (AvgIpc) is 2.52. The van der Waals surface area contributed by atoms with Crippen molar-refractivity contribution in [2.45, 2.75) is 51.1 Å². The molecule has 90 valence electrons. The Morgan fingerprint density at radius 3 is 2.67 bits per heavy atom. The highest BCUT2D eigenvalue weighted by atomic mass is 16.5. The molecule has 0 heterocycles. The van der Waals surface area contributed by atoms with Gasteiger partial charge in [0.1, 0.15) is 0 Å². The van der Waals surface area contributed by atoms with Crippen molar-refractivity contribution < 1.29 is 9.84 Å². The maximum atomic E-state index is 9.07. The molecule has 1 fully saturated rings. The van der Waals surface area contributed by atoms with Crippen LogP contribution in [0.2, 0.25) is 0 Å². The van der Waals surface area contributed by atoms with Crippen LogP contribution in [0.3, 0.4) is 0 Å². The molecule has 0 spiro atoms. The number of aliphatic hydroxyl groups is 1. The molecule has 2 N–H and O–H groups in total. The van der Waals surface area contributed by atoms with Crippen molar-refractivity contribution in [2.75, 3.05) is 20.3 Å². The van der Waals surface area contributed by atoms with E-state index in [9.17, 15) is 0 Å². The first-order chi connectivity index (χ1) is 7.11. The van der Waals surface area contributed by atoms with Crippen LogP contribution in [0.4, 0.5) is 0 Å². The number of aliphatic hydroxyl groups excluding tert-OH is 1. The molecule has 3 unspecified atom stereocenters. The van der Waals surface area contributed by atoms with Crippen molar-refractivity contribution in [3.8, 4) is 0 Å². The lowest BCUT2D eigenvalue weighted by atomic mass is 9.95. The molecule has 0 aromatic rings. The Bertz CT molecular complexity index is 178. The van der Waals surface area contributed by atoms with E-state index in [1.54, 1.807) is 7.11 Å². The highest BCUT2D eigenvalue weighted by molar-refractivity contribution is 4.90. The second-order valence-corrected chi connectivity index (χ2v) is 5.13. The van der Waals surface area contributed by atoms with Crippen LogP contribution in [-0.2, 0) is 4.74 Å². The van der Waals surface area contributed by atoms with Gasteiger partial charge in [-0.2, -0.15) is 0 Å². The fourth-order valence-electron chi connectivity index (χ4n) is 2.56. The third-order valence-corrected chi connectivity index (χ3v) is 3.52. The van der Waals surface area contributed by atoms with Gasteiger partial charge in [0.25, 0.3) is 0 Å². The highest BCUT2D eigenvalue weighted by Gasteiger charge is 2.31. The van der Waals surface area contributed by atoms with Crippen LogP contribution in [0.15, 0.2) is 0 Å². The summed E-state index contributed by atoms with van der Waals surface area (Å²) in [7, 11) is 1.72. The van der Waals surface area contributed by atoms with Gasteiger partial charge in [0.05, 0.1) is 6.61 Å². The predicted molar refractivity (Wildman–Crippen MR) is 61.9 cm³/mol. The first-order valence-electron chi connectivity index (χ1n) is 5.99. The maximum Gasteiger partial charge on any atom is 0.0642 e. The van der Waals surface area contributed by atoms with Crippen LogP contribution >= 0.6 is 0 Å². The molecule has 1 rings (SSSR count). The normalized spacial score (nSPS) is 30.4. The third kappa shape index (κ3) is 3.74. The zero-order valence-electron chi connectivity index (χ0n) is 10.3. The van der Waals surface area contributed by atoms with Crippen molar-refractivity contribution in [2.24, 2.45) is 5.92 Å². The topological polar surface area (TPSA) is 41.5 Å². The SMILES string of the molecule is COCC(C)(CCO)NC1CCCC1C. The average molecular weight is 215 g/mol. The fourth-order valence-corrected chi connectivity index (χ4v) is 2.56. The van der Waals surface area contributed by atoms with Gasteiger partial charge in [-0.1, -0.05) is 13.3 Å². The Morgan fingerprint density at radius 1 is 1.47 bits per heavy atom. The minimum Gasteiger partial charge on any atom is -0.396 e. The number of rotatable bonds is 6. The molecule has 3 heteroatoms. The minimum absolute atomic E-state index is 0.0766. The van der Waals surface area contributed by atoms with E-state index in [1.165, 1.54) is 19.3 Å². The molecule has 3 atom stereocenters. The predicted octanol–water partition coefficient (Wildman–Crippen LogP) is 1.55. The summed E-state index contributed by atoms with van der Waals surface area (Å²) in [6.07, 6.45) is 4.65. The van der Waals surface area contributed by atoms with Gasteiger partial charge in [-0.05, 0) is 32.1 Å². The molecule has 0 saturated heterocycles. The molecule has 0 bridgehead atoms. The summed E-state index contributed by atoms with van der Waals surface area (Å²) in [6.45, 7) is 5.32. The van der Waals surface area contributed by atoms with Crippen LogP contribution in [-0.4, -0.2) is 37.0 Å². The van der Waals surface area contributed by atoms with Gasteiger partial charge < -0.3 is 15.2 Å². The second kappa shape index (κ2) is 5.83. The molecule has 0 amide bonds. The van der Waals surface area contributed by atoms with Crippen LogP contribution in [0.1, 0.15) is 39.5 Å². The van der Waals surface area contributed by atoms with E-state index in [2.05, 4.69) is 19.2 Å². The van der Waals surface area contributed by atoms with Crippen molar-refractivity contribution >= 4 is 0 Å². The van der Waals surface area contributed by atoms with Gasteiger partial charge in [-0.25, -0.2) is 0 Å². The Kier molecular flexibility index (Phi) is 5.03. The molecule has 1 saturated carbocycles. The molecule has 0 aliphatic heterocycles. The number of nitrogens with one attached hydrogen (secondary N) is 1. The van der Waals surface area contributed by atoms with Crippen LogP contribution in [0.25, 0.3) is 0 Å². The molecule has 1 aliphatic rings. The van der Waals surface area contributed by atoms with Crippen molar-refractivity contribution in [3.05, 3.63) is 0 Å². The standard InChI is InChI=1S/C12H25NO2/c1-10-5-4-6-11(10)13-12(2,7-8-14)9-15-3/h10-11,13-14H,4-9H2,1-3H3. The van der Waals surface area contributed by atoms with Gasteiger partial charge in [0.2, 0.25) is 0 Å². The monoisotopic (exact) mass is 215 g/mol. The van der Waals surface area contributed by atoms with Crippen molar-refractivity contribution in [1.82, 2.24) is 5.32 Å². The summed E-state index contributed by atoms with van der Waals surface area (Å²) >= 11 is 0. The van der Waals surface area contributed by atoms with E-state index >= 15 is 0 Å². The highest BCUT2D eigenvalue weighted by Crippen LogP contribution is 2.27. The van der Waals surface area contributed by atoms with Crippen LogP contribution < -0.4 is 5.32 Å². The third-order valence-electron chi connectivity index (χ3n) is 3.52. The van der Waals surface area contributed by atoms with Gasteiger partial charge in [-0.3, -0.25) is 0 Å². The molecule has 15 heavy (non-hydrogen) atoms. The number of ether oxygens (including phenoxy) is 1. The lowest BCUT2D eigenvalue weighted by molar-refractivity contribution is 0.0863. The molecule has 3 nitrogen and oxygen atoms in total. The van der Waals surface area contributed by atoms with E-state index < -0.39 is 0 Å². The Labute approximate surface area is 93.2 Å². The van der Waals surface area contributed by atoms with Gasteiger partial charge in [0, 0.05) is 25.3 Å². The maximum absolute atomic E-state index is 9.07. The molecular weight excluding hydrogens is 190 g/mol. The van der Waals surface area contributed by atoms with E-state index in [0.29, 0.717) is 12.6 Å². The minimum atomic E-state index is -0.0766. The van der Waals surface area contributed by atoms with E-state index in [-0.39, 0.29) is 12.1 Å². The van der Waals surface area contributed by atoms with Gasteiger partial charge >= 0.3 is 0 Å². The summed E-state index contributed by atoms with van der Waals surface area (Å²) in [5, 5.41) is 12.7. The summed E-state index contributed by atoms with van der Waals surface area (Å²) in [4.78, 5) is 0. The lowest BCUT2D eigenvalue weighted by Crippen LogP contribution is -2.52. The molecule has 0 radical (unpaired) electrons. The summed E-state index contributed by atoms with van der Waals surface area (Å²) in [5.41, 5.74) is -0.0766. The summed E-state index contributed by atoms with van der Waals surface area (Å²) < 4.78 is 5.23. The largest absolute Gasteiger partial charge is 0.396 e. The summed E-state index contributed by atoms with van der Waals surface area (Å²) in [5.74, 6) is 0.750. The zero-order valence-corrected chi connectivity index (χ0v) is 10.3. The molecular formula is C12H25NO2. The molecule has 0 aromatic carbocycles. The smallest absolute Gasteiger partial charge is 0.0642 e. The van der Waals surface area contributed by atoms with Gasteiger partial charge in [-0.15, -0.1) is 0 Å². The first kappa shape index (κ1) is 12.9. The number of hydrogen-bond acceptors (Lipinski definition) is 3. The molecule has 1 aliphatic carbocycles. The van der Waals surface area contributed by atoms with Crippen LogP contribution in [0, 0.1) is 5.92 Å². The lowest BCUT2D eigenvalue weighted by Gasteiger charge is -2.34. The number of methoxy groups -OCH3 is 1. The van der Waals surface area contributed by atoms with Crippen molar-refractivity contribution in [3.63, 3.8) is 0 Å². The van der Waals surface area contributed by atoms with E-state index in [4.69, 9.17) is 9.84 Å². The quantitative estimate of drug-likeness (QED) is 0.706. The van der Waals surface area contributed by atoms with Gasteiger partial charge in [0.15, 0.2) is 0 Å². The summed E-state index contributed by atoms with van der Waals surface area (Å²) in [6, 6.07) is 0.594.